The number of nitrogens with one attached hydrogen (secondary N) is 1. The zero-order valence-electron chi connectivity index (χ0n) is 17.2. The fourth-order valence-corrected chi connectivity index (χ4v) is 5.17. The predicted octanol–water partition coefficient (Wildman–Crippen LogP) is 4.86. The van der Waals surface area contributed by atoms with Gasteiger partial charge in [-0.1, -0.05) is 30.3 Å². The lowest BCUT2D eigenvalue weighted by Gasteiger charge is -2.21. The van der Waals surface area contributed by atoms with Crippen LogP contribution < -0.4 is 5.32 Å². The fourth-order valence-electron chi connectivity index (χ4n) is 4.11. The number of anilines is 2. The highest BCUT2D eigenvalue weighted by molar-refractivity contribution is 7.22. The van der Waals surface area contributed by atoms with Gasteiger partial charge in [0.15, 0.2) is 5.82 Å². The van der Waals surface area contributed by atoms with Crippen LogP contribution in [0.1, 0.15) is 18.4 Å². The number of thiophene rings is 1. The molecule has 1 saturated heterocycles. The zero-order valence-corrected chi connectivity index (χ0v) is 18.0. The zero-order chi connectivity index (χ0) is 22.1. The summed E-state index contributed by atoms with van der Waals surface area (Å²) in [5.74, 6) is 0.152. The van der Waals surface area contributed by atoms with Crippen molar-refractivity contribution < 1.29 is 15.0 Å². The van der Waals surface area contributed by atoms with Crippen LogP contribution in [0.25, 0.3) is 20.7 Å². The van der Waals surface area contributed by atoms with Crippen LogP contribution >= 0.6 is 11.3 Å². The van der Waals surface area contributed by atoms with Crippen molar-refractivity contribution in [3.63, 3.8) is 0 Å². The topological polar surface area (TPSA) is 98.6 Å². The summed E-state index contributed by atoms with van der Waals surface area (Å²) in [6.45, 7) is 1.47. The van der Waals surface area contributed by atoms with Crippen molar-refractivity contribution in [2.45, 2.75) is 25.4 Å². The first kappa shape index (κ1) is 20.4. The van der Waals surface area contributed by atoms with Gasteiger partial charge in [0.2, 0.25) is 0 Å². The molecule has 3 heterocycles. The molecule has 7 nitrogen and oxygen atoms in total. The van der Waals surface area contributed by atoms with E-state index in [4.69, 9.17) is 0 Å². The van der Waals surface area contributed by atoms with Crippen molar-refractivity contribution in [3.05, 3.63) is 66.5 Å². The van der Waals surface area contributed by atoms with E-state index < -0.39 is 5.97 Å². The Bertz CT molecular complexity index is 1270. The molecule has 5 rings (SSSR count). The molecular formula is C24H22N4O3S. The van der Waals surface area contributed by atoms with Gasteiger partial charge >= 0.3 is 5.97 Å². The van der Waals surface area contributed by atoms with E-state index in [1.54, 1.807) is 29.5 Å². The number of rotatable bonds is 6. The van der Waals surface area contributed by atoms with Crippen molar-refractivity contribution in [2.24, 2.45) is 0 Å². The number of nitrogens with zero attached hydrogens (tertiary/aromatic N) is 3. The number of aromatic nitrogens is 2. The monoisotopic (exact) mass is 446 g/mol. The lowest BCUT2D eigenvalue weighted by atomic mass is 10.1. The SMILES string of the molecule is O=C(O)C1CCCN1Cc1ccc(-c2cc3ncnc(Nc4cccc(O)c4)c3s2)cc1. The van der Waals surface area contributed by atoms with Crippen LogP contribution in [-0.4, -0.2) is 43.6 Å². The van der Waals surface area contributed by atoms with Crippen LogP contribution in [0.3, 0.4) is 0 Å². The summed E-state index contributed by atoms with van der Waals surface area (Å²) in [6, 6.07) is 16.9. The molecule has 2 aromatic carbocycles. The maximum absolute atomic E-state index is 11.4. The molecule has 2 aromatic heterocycles. The molecule has 1 aliphatic rings. The Kier molecular flexibility index (Phi) is 5.46. The predicted molar refractivity (Wildman–Crippen MR) is 125 cm³/mol. The number of hydrogen-bond donors (Lipinski definition) is 3. The maximum Gasteiger partial charge on any atom is 0.320 e. The molecule has 1 fully saturated rings. The van der Waals surface area contributed by atoms with Crippen LogP contribution in [0.2, 0.25) is 0 Å². The van der Waals surface area contributed by atoms with Crippen molar-refractivity contribution in [1.82, 2.24) is 14.9 Å². The third kappa shape index (κ3) is 4.15. The molecule has 3 N–H and O–H groups in total. The van der Waals surface area contributed by atoms with E-state index >= 15 is 0 Å². The second-order valence-electron chi connectivity index (χ2n) is 7.89. The molecule has 4 aromatic rings. The van der Waals surface area contributed by atoms with E-state index in [0.717, 1.165) is 51.3 Å². The Morgan fingerprint density at radius 3 is 2.78 bits per heavy atom. The molecule has 0 spiro atoms. The van der Waals surface area contributed by atoms with Gasteiger partial charge < -0.3 is 15.5 Å². The van der Waals surface area contributed by atoms with Crippen molar-refractivity contribution in [1.29, 1.82) is 0 Å². The number of carboxylic acids is 1. The van der Waals surface area contributed by atoms with E-state index in [-0.39, 0.29) is 11.8 Å². The minimum absolute atomic E-state index is 0.191. The van der Waals surface area contributed by atoms with Gasteiger partial charge in [0.25, 0.3) is 0 Å². The Morgan fingerprint density at radius 1 is 1.16 bits per heavy atom. The van der Waals surface area contributed by atoms with Crippen LogP contribution in [0.15, 0.2) is 60.9 Å². The number of carboxylic acid groups (broad SMARTS) is 1. The van der Waals surface area contributed by atoms with Gasteiger partial charge in [0, 0.05) is 23.2 Å². The van der Waals surface area contributed by atoms with E-state index in [2.05, 4.69) is 39.6 Å². The highest BCUT2D eigenvalue weighted by Crippen LogP contribution is 2.37. The van der Waals surface area contributed by atoms with Crippen LogP contribution in [-0.2, 0) is 11.3 Å². The normalized spacial score (nSPS) is 16.4. The van der Waals surface area contributed by atoms with Crippen molar-refractivity contribution >= 4 is 39.0 Å². The van der Waals surface area contributed by atoms with Crippen molar-refractivity contribution in [2.75, 3.05) is 11.9 Å². The maximum atomic E-state index is 11.4. The second-order valence-corrected chi connectivity index (χ2v) is 8.94. The first-order chi connectivity index (χ1) is 15.6. The molecular weight excluding hydrogens is 424 g/mol. The van der Waals surface area contributed by atoms with Gasteiger partial charge in [-0.15, -0.1) is 11.3 Å². The summed E-state index contributed by atoms with van der Waals surface area (Å²) in [5, 5.41) is 22.4. The summed E-state index contributed by atoms with van der Waals surface area (Å²) in [7, 11) is 0. The first-order valence-electron chi connectivity index (χ1n) is 10.4. The molecule has 1 atom stereocenters. The van der Waals surface area contributed by atoms with E-state index in [1.807, 2.05) is 17.0 Å². The Hall–Kier alpha value is -3.49. The first-order valence-corrected chi connectivity index (χ1v) is 11.3. The quantitative estimate of drug-likeness (QED) is 0.389. The summed E-state index contributed by atoms with van der Waals surface area (Å²) in [4.78, 5) is 23.3. The highest BCUT2D eigenvalue weighted by Gasteiger charge is 2.30. The molecule has 162 valence electrons. The van der Waals surface area contributed by atoms with E-state index in [0.29, 0.717) is 12.4 Å². The minimum Gasteiger partial charge on any atom is -0.508 e. The molecule has 0 amide bonds. The highest BCUT2D eigenvalue weighted by atomic mass is 32.1. The van der Waals surface area contributed by atoms with Crippen LogP contribution in [0.5, 0.6) is 5.75 Å². The number of fused-ring (bicyclic) bond motifs is 1. The van der Waals surface area contributed by atoms with Gasteiger partial charge in [-0.3, -0.25) is 9.69 Å². The largest absolute Gasteiger partial charge is 0.508 e. The Morgan fingerprint density at radius 2 is 2.00 bits per heavy atom. The number of phenols is 1. The molecule has 0 bridgehead atoms. The van der Waals surface area contributed by atoms with Gasteiger partial charge in [-0.2, -0.15) is 0 Å². The lowest BCUT2D eigenvalue weighted by molar-refractivity contribution is -0.142. The molecule has 0 radical (unpaired) electrons. The Balaban J connectivity index is 1.37. The molecule has 8 heteroatoms. The van der Waals surface area contributed by atoms with Gasteiger partial charge in [-0.25, -0.2) is 9.97 Å². The smallest absolute Gasteiger partial charge is 0.320 e. The summed E-state index contributed by atoms with van der Waals surface area (Å²) >= 11 is 1.61. The van der Waals surface area contributed by atoms with E-state index in [1.165, 1.54) is 6.33 Å². The van der Waals surface area contributed by atoms with Gasteiger partial charge in [0.1, 0.15) is 18.1 Å². The number of phenolic OH excluding ortho intramolecular Hbond substituents is 1. The average molecular weight is 447 g/mol. The summed E-state index contributed by atoms with van der Waals surface area (Å²) in [6.07, 6.45) is 3.17. The fraction of sp³-hybridized carbons (Fsp3) is 0.208. The van der Waals surface area contributed by atoms with Crippen LogP contribution in [0, 0.1) is 0 Å². The number of carbonyl (C=O) groups is 1. The molecule has 1 aliphatic heterocycles. The van der Waals surface area contributed by atoms with Gasteiger partial charge in [-0.05, 0) is 48.7 Å². The second kappa shape index (κ2) is 8.57. The average Bonchev–Trinajstić information content (AvgIpc) is 3.42. The number of hydrogen-bond acceptors (Lipinski definition) is 7. The number of likely N-dealkylation sites (tertiary alicyclic amines) is 1. The molecule has 0 saturated carbocycles. The molecule has 0 aliphatic carbocycles. The third-order valence-electron chi connectivity index (χ3n) is 5.69. The summed E-state index contributed by atoms with van der Waals surface area (Å²) in [5.41, 5.74) is 3.80. The lowest BCUT2D eigenvalue weighted by Crippen LogP contribution is -2.35. The molecule has 32 heavy (non-hydrogen) atoms. The number of aromatic hydroxyl groups is 1. The standard InChI is InChI=1S/C24H22N4O3S/c29-18-4-1-3-17(11-18)27-23-22-19(25-14-26-23)12-21(32-22)16-8-6-15(7-9-16)13-28-10-2-5-20(28)24(30)31/h1,3-4,6-9,11-12,14,20,29H,2,5,10,13H2,(H,30,31)(H,25,26,27). The molecule has 1 unspecified atom stereocenters. The third-order valence-corrected chi connectivity index (χ3v) is 6.87. The van der Waals surface area contributed by atoms with E-state index in [9.17, 15) is 15.0 Å². The summed E-state index contributed by atoms with van der Waals surface area (Å²) < 4.78 is 0.941. The number of benzene rings is 2. The minimum atomic E-state index is -0.736. The Labute approximate surface area is 189 Å². The van der Waals surface area contributed by atoms with Gasteiger partial charge in [0.05, 0.1) is 10.2 Å². The van der Waals surface area contributed by atoms with Crippen molar-refractivity contribution in [3.8, 4) is 16.2 Å². The van der Waals surface area contributed by atoms with Crippen LogP contribution in [0.4, 0.5) is 11.5 Å². The number of aliphatic carboxylic acids is 1.